The molecule has 2 aliphatic rings. The number of thiophene rings is 1. The number of ether oxygens (including phenoxy) is 1. The normalized spacial score (nSPS) is 14.0. The van der Waals surface area contributed by atoms with Crippen molar-refractivity contribution in [1.82, 2.24) is 0 Å². The molecule has 2 aliphatic heterocycles. The molecule has 4 nitrogen and oxygen atoms in total. The van der Waals surface area contributed by atoms with Crippen LogP contribution in [0.4, 0.5) is 5.69 Å². The number of nitrogens with one attached hydrogen (secondary N) is 1. The summed E-state index contributed by atoms with van der Waals surface area (Å²) in [6.45, 7) is 0.875. The molecular weight excluding hydrogens is 440 g/mol. The molecule has 32 heavy (non-hydrogen) atoms. The minimum Gasteiger partial charge on any atom is -0.488 e. The number of nitrogens with zero attached hydrogens (tertiary/aromatic N) is 1. The zero-order valence-electron chi connectivity index (χ0n) is 16.9. The highest BCUT2D eigenvalue weighted by atomic mass is 35.5. The number of rotatable bonds is 3. The minimum atomic E-state index is -0.187. The van der Waals surface area contributed by atoms with E-state index in [0.29, 0.717) is 17.1 Å². The molecular formula is C26H17ClN2O2S. The van der Waals surface area contributed by atoms with E-state index in [0.717, 1.165) is 28.1 Å². The Morgan fingerprint density at radius 3 is 2.88 bits per heavy atom. The van der Waals surface area contributed by atoms with E-state index in [2.05, 4.69) is 34.6 Å². The van der Waals surface area contributed by atoms with Crippen LogP contribution in [0.3, 0.4) is 0 Å². The highest BCUT2D eigenvalue weighted by molar-refractivity contribution is 7.22. The van der Waals surface area contributed by atoms with Crippen LogP contribution in [-0.2, 0) is 11.3 Å². The Labute approximate surface area is 193 Å². The quantitative estimate of drug-likeness (QED) is 0.379. The van der Waals surface area contributed by atoms with Crippen molar-refractivity contribution in [3.05, 3.63) is 87.9 Å². The second-order valence-corrected chi connectivity index (χ2v) is 9.32. The summed E-state index contributed by atoms with van der Waals surface area (Å²) in [6, 6.07) is 20.0. The summed E-state index contributed by atoms with van der Waals surface area (Å²) in [5.41, 5.74) is 5.45. The molecule has 0 atom stereocenters. The first-order valence-corrected chi connectivity index (χ1v) is 11.4. The van der Waals surface area contributed by atoms with Gasteiger partial charge in [0.1, 0.15) is 12.4 Å². The van der Waals surface area contributed by atoms with Gasteiger partial charge in [0.15, 0.2) is 0 Å². The molecule has 1 amide bonds. The molecule has 6 heteroatoms. The van der Waals surface area contributed by atoms with Crippen LogP contribution in [0, 0.1) is 0 Å². The number of anilines is 1. The molecule has 4 aromatic rings. The fourth-order valence-corrected chi connectivity index (χ4v) is 5.41. The molecule has 3 heterocycles. The summed E-state index contributed by atoms with van der Waals surface area (Å²) in [4.78, 5) is 18.7. The first kappa shape index (κ1) is 19.3. The van der Waals surface area contributed by atoms with Gasteiger partial charge < -0.3 is 10.1 Å². The van der Waals surface area contributed by atoms with Crippen LogP contribution >= 0.6 is 22.9 Å². The first-order valence-electron chi connectivity index (χ1n) is 10.2. The third kappa shape index (κ3) is 3.40. The van der Waals surface area contributed by atoms with Crippen LogP contribution in [0.5, 0.6) is 5.75 Å². The molecule has 3 aromatic carbocycles. The third-order valence-corrected chi connectivity index (χ3v) is 7.07. The Morgan fingerprint density at radius 2 is 1.97 bits per heavy atom. The zero-order chi connectivity index (χ0) is 21.7. The molecule has 0 saturated heterocycles. The van der Waals surface area contributed by atoms with E-state index in [9.17, 15) is 4.79 Å². The molecule has 0 saturated carbocycles. The molecule has 0 bridgehead atoms. The summed E-state index contributed by atoms with van der Waals surface area (Å²) >= 11 is 7.85. The number of amides is 1. The first-order chi connectivity index (χ1) is 15.6. The van der Waals surface area contributed by atoms with Crippen molar-refractivity contribution in [2.24, 2.45) is 4.99 Å². The molecule has 0 unspecified atom stereocenters. The number of halogens is 1. The Kier molecular flexibility index (Phi) is 4.59. The number of aliphatic imine (C=N–C) groups is 1. The Bertz CT molecular complexity index is 1440. The highest BCUT2D eigenvalue weighted by Gasteiger charge is 2.20. The molecule has 0 radical (unpaired) electrons. The molecule has 0 spiro atoms. The maximum atomic E-state index is 13.0. The van der Waals surface area contributed by atoms with Crippen LogP contribution in [0.25, 0.3) is 26.6 Å². The predicted molar refractivity (Wildman–Crippen MR) is 132 cm³/mol. The van der Waals surface area contributed by atoms with Crippen LogP contribution in [-0.4, -0.2) is 18.7 Å². The molecule has 156 valence electrons. The highest BCUT2D eigenvalue weighted by Crippen LogP contribution is 2.39. The average molecular weight is 457 g/mol. The van der Waals surface area contributed by atoms with Gasteiger partial charge in [-0.2, -0.15) is 0 Å². The predicted octanol–water partition coefficient (Wildman–Crippen LogP) is 6.57. The summed E-state index contributed by atoms with van der Waals surface area (Å²) in [5.74, 6) is 0.541. The zero-order valence-corrected chi connectivity index (χ0v) is 18.5. The Balaban J connectivity index is 1.35. The SMILES string of the molecule is O=C(Nc1cc2c(c(-c3cc4ccccc4s3)c1)CN=C2)C1=Cc2cc(Cl)ccc2OC1. The van der Waals surface area contributed by atoms with Crippen molar-refractivity contribution in [3.8, 4) is 16.2 Å². The van der Waals surface area contributed by atoms with E-state index < -0.39 is 0 Å². The number of hydrogen-bond acceptors (Lipinski definition) is 4. The van der Waals surface area contributed by atoms with E-state index in [1.54, 1.807) is 23.5 Å². The smallest absolute Gasteiger partial charge is 0.255 e. The fourth-order valence-electron chi connectivity index (χ4n) is 4.12. The van der Waals surface area contributed by atoms with Crippen molar-refractivity contribution < 1.29 is 9.53 Å². The monoisotopic (exact) mass is 456 g/mol. The van der Waals surface area contributed by atoms with Crippen LogP contribution < -0.4 is 10.1 Å². The van der Waals surface area contributed by atoms with Gasteiger partial charge in [0.25, 0.3) is 5.91 Å². The van der Waals surface area contributed by atoms with Crippen LogP contribution in [0.2, 0.25) is 5.02 Å². The minimum absolute atomic E-state index is 0.187. The largest absolute Gasteiger partial charge is 0.488 e. The summed E-state index contributed by atoms with van der Waals surface area (Å²) in [6.07, 6.45) is 3.71. The topological polar surface area (TPSA) is 50.7 Å². The van der Waals surface area contributed by atoms with Gasteiger partial charge in [0.05, 0.1) is 12.1 Å². The van der Waals surface area contributed by atoms with Gasteiger partial charge in [0, 0.05) is 37.6 Å². The lowest BCUT2D eigenvalue weighted by molar-refractivity contribution is -0.113. The molecule has 1 N–H and O–H groups in total. The second-order valence-electron chi connectivity index (χ2n) is 7.80. The third-order valence-electron chi connectivity index (χ3n) is 5.69. The van der Waals surface area contributed by atoms with E-state index in [-0.39, 0.29) is 12.5 Å². The molecule has 0 fully saturated rings. The van der Waals surface area contributed by atoms with Crippen molar-refractivity contribution in [1.29, 1.82) is 0 Å². The molecule has 6 rings (SSSR count). The lowest BCUT2D eigenvalue weighted by Crippen LogP contribution is -2.21. The number of fused-ring (bicyclic) bond motifs is 3. The fraction of sp³-hybridized carbons (Fsp3) is 0.0769. The van der Waals surface area contributed by atoms with E-state index in [1.165, 1.54) is 20.5 Å². The van der Waals surface area contributed by atoms with Gasteiger partial charge in [-0.05, 0) is 65.1 Å². The number of benzene rings is 3. The summed E-state index contributed by atoms with van der Waals surface area (Å²) in [7, 11) is 0. The maximum Gasteiger partial charge on any atom is 0.255 e. The second kappa shape index (κ2) is 7.62. The van der Waals surface area contributed by atoms with E-state index >= 15 is 0 Å². The van der Waals surface area contributed by atoms with E-state index in [4.69, 9.17) is 16.3 Å². The number of carbonyl (C=O) groups is 1. The molecule has 1 aromatic heterocycles. The van der Waals surface area contributed by atoms with Crippen molar-refractivity contribution in [2.45, 2.75) is 6.54 Å². The van der Waals surface area contributed by atoms with Gasteiger partial charge in [-0.15, -0.1) is 11.3 Å². The Morgan fingerprint density at radius 1 is 1.06 bits per heavy atom. The standard InChI is InChI=1S/C26H17ClN2O2S/c27-19-5-6-23-16(8-19)7-18(14-31-23)26(30)29-20-9-17-12-28-13-22(17)21(11-20)25-10-15-3-1-2-4-24(15)32-25/h1-12H,13-14H2,(H,29,30). The van der Waals surface area contributed by atoms with Gasteiger partial charge >= 0.3 is 0 Å². The number of carbonyl (C=O) groups excluding carboxylic acids is 1. The lowest BCUT2D eigenvalue weighted by Gasteiger charge is -2.18. The van der Waals surface area contributed by atoms with Gasteiger partial charge in [-0.1, -0.05) is 29.8 Å². The lowest BCUT2D eigenvalue weighted by atomic mass is 10.00. The number of hydrogen-bond donors (Lipinski definition) is 1. The summed E-state index contributed by atoms with van der Waals surface area (Å²) in [5, 5.41) is 4.88. The van der Waals surface area contributed by atoms with Gasteiger partial charge in [0.2, 0.25) is 0 Å². The summed E-state index contributed by atoms with van der Waals surface area (Å²) < 4.78 is 6.99. The van der Waals surface area contributed by atoms with Crippen molar-refractivity contribution in [2.75, 3.05) is 11.9 Å². The van der Waals surface area contributed by atoms with Gasteiger partial charge in [-0.25, -0.2) is 0 Å². The maximum absolute atomic E-state index is 13.0. The van der Waals surface area contributed by atoms with Crippen LogP contribution in [0.1, 0.15) is 16.7 Å². The van der Waals surface area contributed by atoms with Crippen LogP contribution in [0.15, 0.2) is 71.2 Å². The molecule has 0 aliphatic carbocycles. The van der Waals surface area contributed by atoms with Gasteiger partial charge in [-0.3, -0.25) is 9.79 Å². The Hall–Kier alpha value is -3.41. The average Bonchev–Trinajstić information content (AvgIpc) is 3.45. The van der Waals surface area contributed by atoms with Crippen molar-refractivity contribution in [3.63, 3.8) is 0 Å². The van der Waals surface area contributed by atoms with E-state index in [1.807, 2.05) is 36.6 Å². The van der Waals surface area contributed by atoms with Crippen molar-refractivity contribution >= 4 is 56.9 Å².